The number of cyclic esters (lactones) is 1. The van der Waals surface area contributed by atoms with Crippen LogP contribution in [0.25, 0.3) is 0 Å². The van der Waals surface area contributed by atoms with Gasteiger partial charge in [0, 0.05) is 6.42 Å². The molecule has 0 aromatic heterocycles. The van der Waals surface area contributed by atoms with Gasteiger partial charge in [0.25, 0.3) is 0 Å². The summed E-state index contributed by atoms with van der Waals surface area (Å²) in [5, 5.41) is 11.0. The molecule has 2 rings (SSSR count). The van der Waals surface area contributed by atoms with Crippen molar-refractivity contribution in [1.82, 2.24) is 0 Å². The van der Waals surface area contributed by atoms with Gasteiger partial charge in [-0.3, -0.25) is 9.59 Å². The third-order valence-electron chi connectivity index (χ3n) is 5.76. The largest absolute Gasteiger partial charge is 0.465 e. The molecule has 1 aliphatic heterocycles. The topological polar surface area (TPSA) is 72.8 Å². The maximum atomic E-state index is 12.3. The van der Waals surface area contributed by atoms with Crippen LogP contribution in [0.5, 0.6) is 0 Å². The van der Waals surface area contributed by atoms with Gasteiger partial charge >= 0.3 is 11.9 Å². The highest BCUT2D eigenvalue weighted by Crippen LogP contribution is 2.53. The monoisotopic (exact) mass is 312 g/mol. The van der Waals surface area contributed by atoms with E-state index in [1.807, 2.05) is 6.92 Å². The van der Waals surface area contributed by atoms with Crippen molar-refractivity contribution in [3.8, 4) is 0 Å². The van der Waals surface area contributed by atoms with E-state index in [2.05, 4.69) is 0 Å². The Morgan fingerprint density at radius 2 is 2.05 bits per heavy atom. The van der Waals surface area contributed by atoms with E-state index >= 15 is 0 Å². The Morgan fingerprint density at radius 3 is 2.64 bits per heavy atom. The van der Waals surface area contributed by atoms with Gasteiger partial charge in [-0.25, -0.2) is 0 Å². The van der Waals surface area contributed by atoms with Crippen LogP contribution in [0.3, 0.4) is 0 Å². The van der Waals surface area contributed by atoms with Crippen LogP contribution in [0.4, 0.5) is 0 Å². The van der Waals surface area contributed by atoms with Crippen molar-refractivity contribution in [3.63, 3.8) is 0 Å². The molecule has 5 heteroatoms. The lowest BCUT2D eigenvalue weighted by atomic mass is 9.71. The lowest BCUT2D eigenvalue weighted by molar-refractivity contribution is -0.179. The zero-order valence-corrected chi connectivity index (χ0v) is 14.1. The molecule has 0 aromatic rings. The van der Waals surface area contributed by atoms with Crippen molar-refractivity contribution in [3.05, 3.63) is 0 Å². The second-order valence-corrected chi connectivity index (χ2v) is 7.42. The molecule has 0 spiro atoms. The van der Waals surface area contributed by atoms with Gasteiger partial charge in [0.1, 0.15) is 5.60 Å². The van der Waals surface area contributed by atoms with Gasteiger partial charge < -0.3 is 14.6 Å². The highest BCUT2D eigenvalue weighted by molar-refractivity contribution is 5.78. The van der Waals surface area contributed by atoms with Gasteiger partial charge in [0.05, 0.1) is 17.6 Å². The number of esters is 2. The Hall–Kier alpha value is -1.10. The first kappa shape index (κ1) is 17.3. The summed E-state index contributed by atoms with van der Waals surface area (Å²) in [7, 11) is 0. The maximum absolute atomic E-state index is 12.3. The average molecular weight is 312 g/mol. The van der Waals surface area contributed by atoms with E-state index in [1.54, 1.807) is 20.8 Å². The number of carbonyl (C=O) groups is 2. The van der Waals surface area contributed by atoms with Gasteiger partial charge in [-0.1, -0.05) is 0 Å². The van der Waals surface area contributed by atoms with Gasteiger partial charge in [-0.2, -0.15) is 0 Å². The number of hydrogen-bond acceptors (Lipinski definition) is 5. The molecule has 5 nitrogen and oxygen atoms in total. The number of carbonyl (C=O) groups excluding carboxylic acids is 2. The van der Waals surface area contributed by atoms with Crippen LogP contribution in [0, 0.1) is 11.3 Å². The number of rotatable bonds is 4. The quantitative estimate of drug-likeness (QED) is 0.808. The Balaban J connectivity index is 2.13. The van der Waals surface area contributed by atoms with E-state index in [-0.39, 0.29) is 17.9 Å². The van der Waals surface area contributed by atoms with E-state index in [1.165, 1.54) is 0 Å². The zero-order chi connectivity index (χ0) is 16.6. The molecule has 1 N–H and O–H groups in total. The molecule has 0 aromatic carbocycles. The summed E-state index contributed by atoms with van der Waals surface area (Å²) in [5.74, 6) is -0.592. The molecule has 2 fully saturated rings. The first-order valence-electron chi connectivity index (χ1n) is 8.26. The minimum Gasteiger partial charge on any atom is -0.465 e. The van der Waals surface area contributed by atoms with Crippen LogP contribution in [0.15, 0.2) is 0 Å². The smallest absolute Gasteiger partial charge is 0.314 e. The molecular formula is C17H28O5. The fourth-order valence-corrected chi connectivity index (χ4v) is 4.00. The predicted molar refractivity (Wildman–Crippen MR) is 81.1 cm³/mol. The highest BCUT2D eigenvalue weighted by atomic mass is 16.6. The molecule has 4 atom stereocenters. The summed E-state index contributed by atoms with van der Waals surface area (Å²) in [4.78, 5) is 23.9. The summed E-state index contributed by atoms with van der Waals surface area (Å²) < 4.78 is 10.7. The van der Waals surface area contributed by atoms with Crippen molar-refractivity contribution in [1.29, 1.82) is 0 Å². The fourth-order valence-electron chi connectivity index (χ4n) is 4.00. The second kappa shape index (κ2) is 5.84. The van der Waals surface area contributed by atoms with E-state index in [9.17, 15) is 14.7 Å². The maximum Gasteiger partial charge on any atom is 0.314 e. The summed E-state index contributed by atoms with van der Waals surface area (Å²) in [6.07, 6.45) is 4.00. The van der Waals surface area contributed by atoms with Gasteiger partial charge in [0.2, 0.25) is 0 Å². The minimum atomic E-state index is -1.16. The van der Waals surface area contributed by atoms with Crippen LogP contribution in [-0.2, 0) is 19.1 Å². The lowest BCUT2D eigenvalue weighted by Gasteiger charge is -2.42. The molecule has 22 heavy (non-hydrogen) atoms. The number of hydrogen-bond donors (Lipinski definition) is 1. The minimum absolute atomic E-state index is 0.0854. The molecule has 1 aliphatic carbocycles. The predicted octanol–water partition coefficient (Wildman–Crippen LogP) is 2.59. The molecule has 1 unspecified atom stereocenters. The standard InChI is InChI=1S/C17H28O5/c1-5-21-14(19)16(3)10-8-12(17(16,4)20)11-15(2)9-6-7-13(18)22-15/h12,20H,5-11H2,1-4H3/t12-,15?,16-,17-/m0/s1. The molecule has 0 radical (unpaired) electrons. The van der Waals surface area contributed by atoms with Crippen molar-refractivity contribution in [2.75, 3.05) is 6.61 Å². The van der Waals surface area contributed by atoms with Crippen molar-refractivity contribution in [2.24, 2.45) is 11.3 Å². The second-order valence-electron chi connectivity index (χ2n) is 7.42. The summed E-state index contributed by atoms with van der Waals surface area (Å²) >= 11 is 0. The van der Waals surface area contributed by atoms with Crippen LogP contribution in [0.1, 0.15) is 66.2 Å². The molecule has 126 valence electrons. The molecule has 1 saturated heterocycles. The Labute approximate surface area is 132 Å². The number of ether oxygens (including phenoxy) is 2. The fraction of sp³-hybridized carbons (Fsp3) is 0.882. The van der Waals surface area contributed by atoms with Crippen molar-refractivity contribution >= 4 is 11.9 Å². The summed E-state index contributed by atoms with van der Waals surface area (Å²) in [5.41, 5.74) is -2.60. The third kappa shape index (κ3) is 2.87. The van der Waals surface area contributed by atoms with Crippen molar-refractivity contribution in [2.45, 2.75) is 77.4 Å². The third-order valence-corrected chi connectivity index (χ3v) is 5.76. The molecule has 0 bridgehead atoms. The zero-order valence-electron chi connectivity index (χ0n) is 14.1. The van der Waals surface area contributed by atoms with E-state index in [0.717, 1.165) is 19.3 Å². The Morgan fingerprint density at radius 1 is 1.36 bits per heavy atom. The molecular weight excluding hydrogens is 284 g/mol. The van der Waals surface area contributed by atoms with Crippen LogP contribution < -0.4 is 0 Å². The highest BCUT2D eigenvalue weighted by Gasteiger charge is 2.60. The average Bonchev–Trinajstić information content (AvgIpc) is 2.63. The normalized spacial score (nSPS) is 42.0. The molecule has 1 saturated carbocycles. The number of aliphatic hydroxyl groups is 1. The van der Waals surface area contributed by atoms with Gasteiger partial charge in [-0.05, 0) is 65.7 Å². The van der Waals surface area contributed by atoms with E-state index in [0.29, 0.717) is 25.9 Å². The van der Waals surface area contributed by atoms with E-state index in [4.69, 9.17) is 9.47 Å². The molecule has 1 heterocycles. The van der Waals surface area contributed by atoms with Crippen LogP contribution in [0.2, 0.25) is 0 Å². The Kier molecular flexibility index (Phi) is 4.58. The lowest BCUT2D eigenvalue weighted by Crippen LogP contribution is -2.51. The Bertz CT molecular complexity index is 458. The summed E-state index contributed by atoms with van der Waals surface area (Å²) in [6, 6.07) is 0. The molecule has 0 amide bonds. The van der Waals surface area contributed by atoms with Crippen LogP contribution in [-0.4, -0.2) is 34.9 Å². The first-order valence-corrected chi connectivity index (χ1v) is 8.26. The SMILES string of the molecule is CCOC(=O)[C@]1(C)CC[C@@H](CC2(C)CCCC(=O)O2)[C@]1(C)O. The van der Waals surface area contributed by atoms with Gasteiger partial charge in [0.15, 0.2) is 0 Å². The van der Waals surface area contributed by atoms with Crippen LogP contribution >= 0.6 is 0 Å². The van der Waals surface area contributed by atoms with E-state index < -0.39 is 16.6 Å². The summed E-state index contributed by atoms with van der Waals surface area (Å²) in [6.45, 7) is 7.51. The molecule has 2 aliphatic rings. The first-order chi connectivity index (χ1) is 10.1. The van der Waals surface area contributed by atoms with Crippen molar-refractivity contribution < 1.29 is 24.2 Å². The van der Waals surface area contributed by atoms with Gasteiger partial charge in [-0.15, -0.1) is 0 Å².